The molecule has 0 spiro atoms. The number of aliphatic carboxylic acids is 1. The average Bonchev–Trinajstić information content (AvgIpc) is 2.47. The van der Waals surface area contributed by atoms with Gasteiger partial charge in [-0.15, -0.1) is 0 Å². The van der Waals surface area contributed by atoms with Gasteiger partial charge in [0.25, 0.3) is 0 Å². The molecule has 1 N–H and O–H groups in total. The molecule has 2 rings (SSSR count). The Bertz CT molecular complexity index is 690. The first kappa shape index (κ1) is 17.6. The Balaban J connectivity index is 1.91. The summed E-state index contributed by atoms with van der Waals surface area (Å²) in [5.41, 5.74) is 1.87. The van der Waals surface area contributed by atoms with Crippen molar-refractivity contribution in [2.45, 2.75) is 25.7 Å². The first-order valence-electron chi connectivity index (χ1n) is 7.51. The zero-order valence-electron chi connectivity index (χ0n) is 12.7. The summed E-state index contributed by atoms with van der Waals surface area (Å²) >= 11 is 0. The van der Waals surface area contributed by atoms with Crippen LogP contribution in [0.25, 0.3) is 6.08 Å². The molecule has 23 heavy (non-hydrogen) atoms. The van der Waals surface area contributed by atoms with E-state index in [9.17, 15) is 17.6 Å². The van der Waals surface area contributed by atoms with Crippen molar-refractivity contribution in [3.8, 4) is 0 Å². The number of carboxylic acid groups (broad SMARTS) is 1. The Morgan fingerprint density at radius 3 is 2.61 bits per heavy atom. The number of piperidine rings is 1. The highest BCUT2D eigenvalue weighted by Gasteiger charge is 2.25. The fourth-order valence-corrected chi connectivity index (χ4v) is 4.07. The fourth-order valence-electron chi connectivity index (χ4n) is 2.56. The summed E-state index contributed by atoms with van der Waals surface area (Å²) in [7, 11) is -3.40. The van der Waals surface area contributed by atoms with E-state index in [2.05, 4.69) is 0 Å². The zero-order chi connectivity index (χ0) is 16.9. The van der Waals surface area contributed by atoms with E-state index in [1.165, 1.54) is 16.4 Å². The van der Waals surface area contributed by atoms with Gasteiger partial charge in [-0.05, 0) is 37.0 Å². The maximum atomic E-state index is 13.2. The van der Waals surface area contributed by atoms with E-state index in [4.69, 9.17) is 5.11 Å². The molecule has 1 saturated heterocycles. The van der Waals surface area contributed by atoms with Crippen molar-refractivity contribution in [1.29, 1.82) is 0 Å². The van der Waals surface area contributed by atoms with Gasteiger partial charge in [0, 0.05) is 19.5 Å². The second kappa shape index (κ2) is 7.70. The van der Waals surface area contributed by atoms with E-state index in [1.54, 1.807) is 6.07 Å². The molecule has 1 aliphatic heterocycles. The Hall–Kier alpha value is -1.73. The minimum Gasteiger partial charge on any atom is -0.481 e. The topological polar surface area (TPSA) is 74.7 Å². The standard InChI is InChI=1S/C16H20FNO4S/c17-15-4-1-3-14(12-15)11-13-6-8-18(9-7-13)23(21,22)10-2-5-16(19)20/h1,3-4,11-12H,2,5-10H2,(H,19,20). The molecular weight excluding hydrogens is 321 g/mol. The van der Waals surface area contributed by atoms with Gasteiger partial charge in [0.15, 0.2) is 0 Å². The molecule has 0 saturated carbocycles. The SMILES string of the molecule is O=C(O)CCCS(=O)(=O)N1CCC(=Cc2cccc(F)c2)CC1. The molecule has 7 heteroatoms. The molecule has 1 aromatic rings. The van der Waals surface area contributed by atoms with Crippen molar-refractivity contribution >= 4 is 22.1 Å². The lowest BCUT2D eigenvalue weighted by Crippen LogP contribution is -2.37. The highest BCUT2D eigenvalue weighted by atomic mass is 32.2. The van der Waals surface area contributed by atoms with Crippen LogP contribution < -0.4 is 0 Å². The molecule has 1 aliphatic rings. The molecule has 0 radical (unpaired) electrons. The number of halogens is 1. The van der Waals surface area contributed by atoms with Crippen molar-refractivity contribution in [1.82, 2.24) is 4.31 Å². The number of nitrogens with zero attached hydrogens (tertiary/aromatic N) is 1. The molecule has 0 amide bonds. The minimum absolute atomic E-state index is 0.125. The normalized spacial score (nSPS) is 16.3. The summed E-state index contributed by atoms with van der Waals surface area (Å²) in [6.07, 6.45) is 3.10. The summed E-state index contributed by atoms with van der Waals surface area (Å²) in [6, 6.07) is 6.28. The molecule has 0 aliphatic carbocycles. The molecule has 0 aromatic heterocycles. The Morgan fingerprint density at radius 2 is 2.00 bits per heavy atom. The van der Waals surface area contributed by atoms with Gasteiger partial charge in [-0.1, -0.05) is 23.8 Å². The molecule has 1 aromatic carbocycles. The molecule has 1 fully saturated rings. The van der Waals surface area contributed by atoms with Crippen LogP contribution in [0.15, 0.2) is 29.8 Å². The van der Waals surface area contributed by atoms with E-state index in [0.29, 0.717) is 25.9 Å². The van der Waals surface area contributed by atoms with Gasteiger partial charge in [-0.3, -0.25) is 4.79 Å². The van der Waals surface area contributed by atoms with Crippen molar-refractivity contribution < 1.29 is 22.7 Å². The summed E-state index contributed by atoms with van der Waals surface area (Å²) in [5.74, 6) is -1.42. The largest absolute Gasteiger partial charge is 0.481 e. The lowest BCUT2D eigenvalue weighted by molar-refractivity contribution is -0.137. The van der Waals surface area contributed by atoms with Gasteiger partial charge in [0.1, 0.15) is 5.82 Å². The van der Waals surface area contributed by atoms with Gasteiger partial charge in [0.2, 0.25) is 10.0 Å². The highest BCUT2D eigenvalue weighted by Crippen LogP contribution is 2.22. The fraction of sp³-hybridized carbons (Fsp3) is 0.438. The third-order valence-corrected chi connectivity index (χ3v) is 5.73. The summed E-state index contributed by atoms with van der Waals surface area (Å²) in [4.78, 5) is 10.5. The Kier molecular flexibility index (Phi) is 5.90. The molecule has 0 unspecified atom stereocenters. The van der Waals surface area contributed by atoms with Crippen LogP contribution >= 0.6 is 0 Å². The third-order valence-electron chi connectivity index (χ3n) is 3.77. The van der Waals surface area contributed by atoms with E-state index in [-0.39, 0.29) is 24.4 Å². The average molecular weight is 341 g/mol. The maximum absolute atomic E-state index is 13.2. The smallest absolute Gasteiger partial charge is 0.303 e. The second-order valence-electron chi connectivity index (χ2n) is 5.57. The molecule has 1 heterocycles. The first-order valence-corrected chi connectivity index (χ1v) is 9.12. The van der Waals surface area contributed by atoms with Crippen LogP contribution in [0.2, 0.25) is 0 Å². The number of sulfonamides is 1. The highest BCUT2D eigenvalue weighted by molar-refractivity contribution is 7.89. The maximum Gasteiger partial charge on any atom is 0.303 e. The summed E-state index contributed by atoms with van der Waals surface area (Å²) in [5, 5.41) is 8.57. The molecule has 126 valence electrons. The van der Waals surface area contributed by atoms with Crippen molar-refractivity contribution in [2.24, 2.45) is 0 Å². The molecule has 0 atom stereocenters. The number of carbonyl (C=O) groups is 1. The van der Waals surface area contributed by atoms with Gasteiger partial charge < -0.3 is 5.11 Å². The number of benzene rings is 1. The Morgan fingerprint density at radius 1 is 1.30 bits per heavy atom. The zero-order valence-corrected chi connectivity index (χ0v) is 13.6. The number of hydrogen-bond acceptors (Lipinski definition) is 3. The van der Waals surface area contributed by atoms with Crippen molar-refractivity contribution in [3.05, 3.63) is 41.2 Å². The number of hydrogen-bond donors (Lipinski definition) is 1. The molecular formula is C16H20FNO4S. The van der Waals surface area contributed by atoms with E-state index in [1.807, 2.05) is 12.1 Å². The van der Waals surface area contributed by atoms with Crippen molar-refractivity contribution in [2.75, 3.05) is 18.8 Å². The van der Waals surface area contributed by atoms with E-state index in [0.717, 1.165) is 11.1 Å². The number of rotatable bonds is 6. The van der Waals surface area contributed by atoms with Crippen LogP contribution in [-0.2, 0) is 14.8 Å². The van der Waals surface area contributed by atoms with Crippen LogP contribution in [-0.4, -0.2) is 42.6 Å². The van der Waals surface area contributed by atoms with Crippen LogP contribution in [0.1, 0.15) is 31.2 Å². The van der Waals surface area contributed by atoms with E-state index >= 15 is 0 Å². The second-order valence-corrected chi connectivity index (χ2v) is 7.66. The predicted octanol–water partition coefficient (Wildman–Crippen LogP) is 2.50. The van der Waals surface area contributed by atoms with Gasteiger partial charge in [-0.2, -0.15) is 0 Å². The third kappa shape index (κ3) is 5.44. The van der Waals surface area contributed by atoms with Crippen LogP contribution in [0, 0.1) is 5.82 Å². The minimum atomic E-state index is -3.40. The quantitative estimate of drug-likeness (QED) is 0.863. The van der Waals surface area contributed by atoms with Crippen LogP contribution in [0.3, 0.4) is 0 Å². The van der Waals surface area contributed by atoms with Crippen LogP contribution in [0.4, 0.5) is 4.39 Å². The monoisotopic (exact) mass is 341 g/mol. The van der Waals surface area contributed by atoms with E-state index < -0.39 is 16.0 Å². The van der Waals surface area contributed by atoms with Crippen molar-refractivity contribution in [3.63, 3.8) is 0 Å². The first-order chi connectivity index (χ1) is 10.9. The molecule has 5 nitrogen and oxygen atoms in total. The number of carboxylic acids is 1. The van der Waals surface area contributed by atoms with Gasteiger partial charge in [0.05, 0.1) is 5.75 Å². The predicted molar refractivity (Wildman–Crippen MR) is 85.8 cm³/mol. The lowest BCUT2D eigenvalue weighted by atomic mass is 10.0. The van der Waals surface area contributed by atoms with Gasteiger partial charge in [-0.25, -0.2) is 17.1 Å². The lowest BCUT2D eigenvalue weighted by Gasteiger charge is -2.27. The Labute approximate surface area is 135 Å². The summed E-state index contributed by atoms with van der Waals surface area (Å²) < 4.78 is 38.9. The van der Waals surface area contributed by atoms with Gasteiger partial charge >= 0.3 is 5.97 Å². The summed E-state index contributed by atoms with van der Waals surface area (Å²) in [6.45, 7) is 0.771. The molecule has 0 bridgehead atoms. The van der Waals surface area contributed by atoms with Crippen LogP contribution in [0.5, 0.6) is 0 Å².